The molecule has 16 heavy (non-hydrogen) atoms. The maximum atomic E-state index is 4.33. The smallest absolute Gasteiger partial charge is 0.0626 e. The molecule has 0 bridgehead atoms. The van der Waals surface area contributed by atoms with Crippen molar-refractivity contribution in [2.45, 2.75) is 0 Å². The number of hydrogen-bond donors (Lipinski definition) is 1. The summed E-state index contributed by atoms with van der Waals surface area (Å²) in [5.74, 6) is 0. The Kier molecular flexibility index (Phi) is 3.72. The van der Waals surface area contributed by atoms with Gasteiger partial charge in [0, 0.05) is 11.9 Å². The lowest BCUT2D eigenvalue weighted by Gasteiger charge is -2.01. The van der Waals surface area contributed by atoms with Crippen molar-refractivity contribution in [2.75, 3.05) is 11.9 Å². The zero-order valence-electron chi connectivity index (χ0n) is 9.01. The first-order valence-electron chi connectivity index (χ1n) is 5.31. The van der Waals surface area contributed by atoms with Crippen molar-refractivity contribution in [3.63, 3.8) is 0 Å². The molecule has 2 aromatic rings. The van der Waals surface area contributed by atoms with Gasteiger partial charge in [-0.15, -0.1) is 0 Å². The average molecular weight is 210 g/mol. The lowest BCUT2D eigenvalue weighted by Crippen LogP contribution is -2.01. The van der Waals surface area contributed by atoms with E-state index in [0.29, 0.717) is 0 Å². The molecule has 1 N–H and O–H groups in total. The van der Waals surface area contributed by atoms with E-state index in [1.165, 1.54) is 0 Å². The molecule has 0 aliphatic carbocycles. The molecular formula is C14H14N2. The van der Waals surface area contributed by atoms with E-state index in [-0.39, 0.29) is 0 Å². The minimum absolute atomic E-state index is 0.735. The number of benzene rings is 2. The van der Waals surface area contributed by atoms with Crippen molar-refractivity contribution in [1.29, 1.82) is 0 Å². The fraction of sp³-hybridized carbons (Fsp3) is 0.0714. The van der Waals surface area contributed by atoms with Crippen molar-refractivity contribution < 1.29 is 0 Å². The highest BCUT2D eigenvalue weighted by Gasteiger charge is 1.86. The van der Waals surface area contributed by atoms with Crippen LogP contribution in [-0.2, 0) is 0 Å². The average Bonchev–Trinajstić information content (AvgIpc) is 2.37. The summed E-state index contributed by atoms with van der Waals surface area (Å²) in [6.07, 6.45) is 1.88. The molecule has 2 rings (SSSR count). The summed E-state index contributed by atoms with van der Waals surface area (Å²) in [6, 6.07) is 20.0. The van der Waals surface area contributed by atoms with Crippen LogP contribution in [0.1, 0.15) is 0 Å². The van der Waals surface area contributed by atoms with Gasteiger partial charge in [-0.25, -0.2) is 0 Å². The molecule has 0 saturated carbocycles. The Morgan fingerprint density at radius 3 is 2.19 bits per heavy atom. The Hall–Kier alpha value is -2.09. The van der Waals surface area contributed by atoms with Crippen LogP contribution >= 0.6 is 0 Å². The molecule has 0 saturated heterocycles. The predicted octanol–water partition coefficient (Wildman–Crippen LogP) is 3.50. The van der Waals surface area contributed by atoms with Crippen LogP contribution < -0.4 is 5.32 Å². The van der Waals surface area contributed by atoms with Crippen molar-refractivity contribution >= 4 is 17.6 Å². The zero-order chi connectivity index (χ0) is 11.1. The second-order valence-electron chi connectivity index (χ2n) is 3.39. The fourth-order valence-corrected chi connectivity index (χ4v) is 1.38. The third-order valence-electron chi connectivity index (χ3n) is 2.17. The predicted molar refractivity (Wildman–Crippen MR) is 69.5 cm³/mol. The van der Waals surface area contributed by atoms with Crippen molar-refractivity contribution in [3.8, 4) is 0 Å². The molecule has 0 spiro atoms. The molecule has 0 fully saturated rings. The van der Waals surface area contributed by atoms with Gasteiger partial charge < -0.3 is 5.32 Å². The Morgan fingerprint density at radius 2 is 1.50 bits per heavy atom. The van der Waals surface area contributed by atoms with Gasteiger partial charge in [0.25, 0.3) is 0 Å². The highest BCUT2D eigenvalue weighted by Crippen LogP contribution is 2.08. The van der Waals surface area contributed by atoms with Gasteiger partial charge in [-0.05, 0) is 24.3 Å². The van der Waals surface area contributed by atoms with Gasteiger partial charge in [0.1, 0.15) is 0 Å². The minimum atomic E-state index is 0.735. The molecular weight excluding hydrogens is 196 g/mol. The zero-order valence-corrected chi connectivity index (χ0v) is 9.01. The molecule has 0 radical (unpaired) electrons. The molecule has 2 heteroatoms. The Morgan fingerprint density at radius 1 is 0.875 bits per heavy atom. The first-order valence-corrected chi connectivity index (χ1v) is 5.31. The number of anilines is 1. The monoisotopic (exact) mass is 210 g/mol. The maximum absolute atomic E-state index is 4.33. The third-order valence-corrected chi connectivity index (χ3v) is 2.17. The molecule has 0 aliphatic rings. The van der Waals surface area contributed by atoms with Crippen molar-refractivity contribution in [2.24, 2.45) is 4.99 Å². The Bertz CT molecular complexity index is 435. The second-order valence-corrected chi connectivity index (χ2v) is 3.39. The normalized spacial score (nSPS) is 10.5. The van der Waals surface area contributed by atoms with Gasteiger partial charge in [-0.3, -0.25) is 4.99 Å². The van der Waals surface area contributed by atoms with Crippen LogP contribution in [0.25, 0.3) is 0 Å². The SMILES string of the molecule is C(/CNc1ccccc1)=N\c1ccccc1. The number of nitrogens with one attached hydrogen (secondary N) is 1. The van der Waals surface area contributed by atoms with Crippen LogP contribution in [0.5, 0.6) is 0 Å². The Balaban J connectivity index is 1.83. The highest BCUT2D eigenvalue weighted by molar-refractivity contribution is 5.68. The topological polar surface area (TPSA) is 24.4 Å². The number of aliphatic imine (C=N–C) groups is 1. The molecule has 0 heterocycles. The van der Waals surface area contributed by atoms with E-state index in [1.54, 1.807) is 0 Å². The van der Waals surface area contributed by atoms with Crippen molar-refractivity contribution in [3.05, 3.63) is 60.7 Å². The van der Waals surface area contributed by atoms with E-state index >= 15 is 0 Å². The molecule has 2 nitrogen and oxygen atoms in total. The van der Waals surface area contributed by atoms with E-state index in [9.17, 15) is 0 Å². The maximum Gasteiger partial charge on any atom is 0.0626 e. The summed E-state index contributed by atoms with van der Waals surface area (Å²) in [6.45, 7) is 0.735. The van der Waals surface area contributed by atoms with Gasteiger partial charge in [-0.1, -0.05) is 36.4 Å². The van der Waals surface area contributed by atoms with E-state index < -0.39 is 0 Å². The molecule has 0 atom stereocenters. The number of nitrogens with zero attached hydrogens (tertiary/aromatic N) is 1. The first kappa shape index (κ1) is 10.4. The largest absolute Gasteiger partial charge is 0.380 e. The van der Waals surface area contributed by atoms with Gasteiger partial charge in [-0.2, -0.15) is 0 Å². The van der Waals surface area contributed by atoms with Crippen LogP contribution in [0.3, 0.4) is 0 Å². The molecule has 0 unspecified atom stereocenters. The summed E-state index contributed by atoms with van der Waals surface area (Å²) < 4.78 is 0. The third kappa shape index (κ3) is 3.24. The van der Waals surface area contributed by atoms with Gasteiger partial charge in [0.15, 0.2) is 0 Å². The van der Waals surface area contributed by atoms with E-state index in [2.05, 4.69) is 10.3 Å². The molecule has 0 aromatic heterocycles. The van der Waals surface area contributed by atoms with Gasteiger partial charge in [0.05, 0.1) is 12.2 Å². The van der Waals surface area contributed by atoms with Crippen LogP contribution in [0.4, 0.5) is 11.4 Å². The summed E-state index contributed by atoms with van der Waals surface area (Å²) in [5, 5.41) is 3.27. The lowest BCUT2D eigenvalue weighted by molar-refractivity contribution is 1.39. The van der Waals surface area contributed by atoms with Gasteiger partial charge in [0.2, 0.25) is 0 Å². The van der Waals surface area contributed by atoms with Crippen LogP contribution in [0, 0.1) is 0 Å². The van der Waals surface area contributed by atoms with Crippen LogP contribution in [-0.4, -0.2) is 12.8 Å². The number of hydrogen-bond acceptors (Lipinski definition) is 2. The highest BCUT2D eigenvalue weighted by atomic mass is 14.9. The quantitative estimate of drug-likeness (QED) is 0.767. The molecule has 0 aliphatic heterocycles. The lowest BCUT2D eigenvalue weighted by atomic mass is 10.3. The first-order chi connectivity index (χ1) is 7.95. The standard InChI is InChI=1S/C14H14N2/c1-3-7-13(8-4-1)15-11-12-16-14-9-5-2-6-10-14/h1-11,16H,12H2/b15-11+. The molecule has 2 aromatic carbocycles. The Labute approximate surface area is 95.7 Å². The summed E-state index contributed by atoms with van der Waals surface area (Å²) in [4.78, 5) is 4.33. The number of rotatable bonds is 4. The van der Waals surface area contributed by atoms with Crippen LogP contribution in [0.2, 0.25) is 0 Å². The number of para-hydroxylation sites is 2. The summed E-state index contributed by atoms with van der Waals surface area (Å²) >= 11 is 0. The van der Waals surface area contributed by atoms with E-state index in [4.69, 9.17) is 0 Å². The minimum Gasteiger partial charge on any atom is -0.380 e. The van der Waals surface area contributed by atoms with Gasteiger partial charge >= 0.3 is 0 Å². The molecule has 80 valence electrons. The van der Waals surface area contributed by atoms with Crippen LogP contribution in [0.15, 0.2) is 65.7 Å². The second kappa shape index (κ2) is 5.71. The van der Waals surface area contributed by atoms with E-state index in [0.717, 1.165) is 17.9 Å². The van der Waals surface area contributed by atoms with Crippen molar-refractivity contribution in [1.82, 2.24) is 0 Å². The fourth-order valence-electron chi connectivity index (χ4n) is 1.38. The summed E-state index contributed by atoms with van der Waals surface area (Å²) in [5.41, 5.74) is 2.10. The van der Waals surface area contributed by atoms with E-state index in [1.807, 2.05) is 66.9 Å². The summed E-state index contributed by atoms with van der Waals surface area (Å²) in [7, 11) is 0. The molecule has 0 amide bonds.